The van der Waals surface area contributed by atoms with E-state index in [2.05, 4.69) is 15.5 Å². The average Bonchev–Trinajstić information content (AvgIpc) is 3.02. The summed E-state index contributed by atoms with van der Waals surface area (Å²) in [7, 11) is 1.82. The normalized spacial score (nSPS) is 10.7. The van der Waals surface area contributed by atoms with Gasteiger partial charge < -0.3 is 14.6 Å². The number of rotatable bonds is 7. The Balaban J connectivity index is 1.56. The number of nitrogens with zero attached hydrogens (tertiary/aromatic N) is 3. The Hall–Kier alpha value is -2.87. The number of aromatic nitrogens is 3. The van der Waals surface area contributed by atoms with Gasteiger partial charge in [-0.3, -0.25) is 4.79 Å². The maximum absolute atomic E-state index is 13.6. The van der Waals surface area contributed by atoms with Crippen molar-refractivity contribution in [3.05, 3.63) is 65.2 Å². The lowest BCUT2D eigenvalue weighted by atomic mass is 10.1. The molecule has 0 radical (unpaired) electrons. The molecule has 1 N–H and O–H groups in total. The highest BCUT2D eigenvalue weighted by atomic mass is 32.2. The summed E-state index contributed by atoms with van der Waals surface area (Å²) in [5.41, 5.74) is 2.33. The third kappa shape index (κ3) is 4.89. The van der Waals surface area contributed by atoms with Gasteiger partial charge in [0.05, 0.1) is 11.4 Å². The molecule has 3 rings (SSSR count). The predicted molar refractivity (Wildman–Crippen MR) is 107 cm³/mol. The standard InChI is InChI=1S/C20H21FN4O2S/c1-13-8-9-14(2)17(10-13)27-11-18-23-24-20(25(18)3)28-12-19(26)22-16-7-5-4-6-15(16)21/h4-10H,11-12H2,1-3H3,(H,22,26). The lowest BCUT2D eigenvalue weighted by molar-refractivity contribution is -0.113. The Morgan fingerprint density at radius 1 is 1.21 bits per heavy atom. The lowest BCUT2D eigenvalue weighted by Crippen LogP contribution is -2.15. The Labute approximate surface area is 167 Å². The van der Waals surface area contributed by atoms with Gasteiger partial charge >= 0.3 is 0 Å². The van der Waals surface area contributed by atoms with Crippen LogP contribution in [0.2, 0.25) is 0 Å². The first-order valence-corrected chi connectivity index (χ1v) is 9.68. The molecule has 0 aliphatic carbocycles. The van der Waals surface area contributed by atoms with E-state index in [1.807, 2.05) is 39.1 Å². The van der Waals surface area contributed by atoms with E-state index in [1.54, 1.807) is 16.7 Å². The number of hydrogen-bond donors (Lipinski definition) is 1. The number of ether oxygens (including phenoxy) is 1. The summed E-state index contributed by atoms with van der Waals surface area (Å²) in [6, 6.07) is 12.1. The molecule has 0 saturated carbocycles. The summed E-state index contributed by atoms with van der Waals surface area (Å²) >= 11 is 1.23. The minimum absolute atomic E-state index is 0.0954. The fourth-order valence-electron chi connectivity index (χ4n) is 2.48. The number of carbonyl (C=O) groups is 1. The predicted octanol–water partition coefficient (Wildman–Crippen LogP) is 3.88. The van der Waals surface area contributed by atoms with Crippen LogP contribution in [0.25, 0.3) is 0 Å². The van der Waals surface area contributed by atoms with Crippen LogP contribution in [-0.2, 0) is 18.4 Å². The maximum Gasteiger partial charge on any atom is 0.234 e. The number of carbonyl (C=O) groups excluding carboxylic acids is 1. The van der Waals surface area contributed by atoms with Gasteiger partial charge in [0, 0.05) is 7.05 Å². The second-order valence-corrected chi connectivity index (χ2v) is 7.27. The zero-order valence-corrected chi connectivity index (χ0v) is 16.7. The van der Waals surface area contributed by atoms with Gasteiger partial charge in [-0.25, -0.2) is 4.39 Å². The van der Waals surface area contributed by atoms with Gasteiger partial charge in [-0.15, -0.1) is 10.2 Å². The van der Waals surface area contributed by atoms with Crippen molar-refractivity contribution in [1.29, 1.82) is 0 Å². The molecule has 2 aromatic carbocycles. The monoisotopic (exact) mass is 400 g/mol. The van der Waals surface area contributed by atoms with Gasteiger partial charge in [0.25, 0.3) is 0 Å². The number of amides is 1. The first-order chi connectivity index (χ1) is 13.4. The van der Waals surface area contributed by atoms with E-state index < -0.39 is 5.82 Å². The molecule has 28 heavy (non-hydrogen) atoms. The van der Waals surface area contributed by atoms with Crippen LogP contribution in [0.4, 0.5) is 10.1 Å². The third-order valence-electron chi connectivity index (χ3n) is 4.11. The van der Waals surface area contributed by atoms with E-state index in [4.69, 9.17) is 4.74 Å². The summed E-state index contributed by atoms with van der Waals surface area (Å²) < 4.78 is 21.2. The highest BCUT2D eigenvalue weighted by Gasteiger charge is 2.13. The highest BCUT2D eigenvalue weighted by molar-refractivity contribution is 7.99. The molecule has 8 heteroatoms. The molecule has 0 aliphatic heterocycles. The van der Waals surface area contributed by atoms with Crippen LogP contribution in [0.1, 0.15) is 17.0 Å². The number of hydrogen-bond acceptors (Lipinski definition) is 5. The molecule has 1 aromatic heterocycles. The van der Waals surface area contributed by atoms with Gasteiger partial charge in [0.15, 0.2) is 11.0 Å². The molecule has 1 heterocycles. The summed E-state index contributed by atoms with van der Waals surface area (Å²) in [6.45, 7) is 4.27. The van der Waals surface area contributed by atoms with Crippen LogP contribution < -0.4 is 10.1 Å². The Kier molecular flexibility index (Phi) is 6.30. The minimum Gasteiger partial charge on any atom is -0.485 e. The second kappa shape index (κ2) is 8.88. The SMILES string of the molecule is Cc1ccc(C)c(OCc2nnc(SCC(=O)Nc3ccccc3F)n2C)c1. The lowest BCUT2D eigenvalue weighted by Gasteiger charge is -2.10. The molecule has 0 unspecified atom stereocenters. The largest absolute Gasteiger partial charge is 0.485 e. The molecule has 0 saturated heterocycles. The Morgan fingerprint density at radius 2 is 2.00 bits per heavy atom. The van der Waals surface area contributed by atoms with E-state index in [0.29, 0.717) is 11.0 Å². The van der Waals surface area contributed by atoms with Crippen molar-refractivity contribution in [3.63, 3.8) is 0 Å². The Bertz CT molecular complexity index is 990. The zero-order chi connectivity index (χ0) is 20.1. The number of thioether (sulfide) groups is 1. The molecule has 1 amide bonds. The van der Waals surface area contributed by atoms with Crippen LogP contribution >= 0.6 is 11.8 Å². The third-order valence-corrected chi connectivity index (χ3v) is 5.13. The molecule has 0 fully saturated rings. The number of anilines is 1. The molecule has 146 valence electrons. The zero-order valence-electron chi connectivity index (χ0n) is 15.9. The van der Waals surface area contributed by atoms with Crippen molar-refractivity contribution in [3.8, 4) is 5.75 Å². The number of para-hydroxylation sites is 1. The van der Waals surface area contributed by atoms with Gasteiger partial charge in [-0.05, 0) is 43.2 Å². The van der Waals surface area contributed by atoms with Crippen molar-refractivity contribution in [2.45, 2.75) is 25.6 Å². The summed E-state index contributed by atoms with van der Waals surface area (Å²) in [5.74, 6) is 0.772. The molecule has 0 aliphatic rings. The fourth-order valence-corrected chi connectivity index (χ4v) is 3.21. The molecular weight excluding hydrogens is 379 g/mol. The van der Waals surface area contributed by atoms with Crippen LogP contribution in [-0.4, -0.2) is 26.4 Å². The van der Waals surface area contributed by atoms with E-state index in [-0.39, 0.29) is 24.0 Å². The first-order valence-electron chi connectivity index (χ1n) is 8.69. The minimum atomic E-state index is -0.467. The second-order valence-electron chi connectivity index (χ2n) is 6.33. The number of nitrogens with one attached hydrogen (secondary N) is 1. The van der Waals surface area contributed by atoms with Gasteiger partial charge in [0.1, 0.15) is 18.2 Å². The summed E-state index contributed by atoms with van der Waals surface area (Å²) in [4.78, 5) is 12.1. The molecule has 3 aromatic rings. The number of aryl methyl sites for hydroxylation is 2. The average molecular weight is 400 g/mol. The molecular formula is C20H21FN4O2S. The van der Waals surface area contributed by atoms with Crippen molar-refractivity contribution in [2.75, 3.05) is 11.1 Å². The first kappa shape index (κ1) is 19.9. The maximum atomic E-state index is 13.6. The van der Waals surface area contributed by atoms with Crippen molar-refractivity contribution in [1.82, 2.24) is 14.8 Å². The van der Waals surface area contributed by atoms with E-state index >= 15 is 0 Å². The van der Waals surface area contributed by atoms with Crippen LogP contribution in [0, 0.1) is 19.7 Å². The molecule has 6 nitrogen and oxygen atoms in total. The van der Waals surface area contributed by atoms with Crippen LogP contribution in [0.3, 0.4) is 0 Å². The number of benzene rings is 2. The Morgan fingerprint density at radius 3 is 2.79 bits per heavy atom. The highest BCUT2D eigenvalue weighted by Crippen LogP contribution is 2.21. The van der Waals surface area contributed by atoms with Gasteiger partial charge in [-0.1, -0.05) is 36.0 Å². The van der Waals surface area contributed by atoms with E-state index in [1.165, 1.54) is 23.9 Å². The smallest absolute Gasteiger partial charge is 0.234 e. The van der Waals surface area contributed by atoms with Crippen LogP contribution in [0.5, 0.6) is 5.75 Å². The van der Waals surface area contributed by atoms with Gasteiger partial charge in [0.2, 0.25) is 5.91 Å². The van der Waals surface area contributed by atoms with E-state index in [9.17, 15) is 9.18 Å². The van der Waals surface area contributed by atoms with E-state index in [0.717, 1.165) is 16.9 Å². The summed E-state index contributed by atoms with van der Waals surface area (Å²) in [5, 5.41) is 11.4. The number of halogens is 1. The van der Waals surface area contributed by atoms with Crippen molar-refractivity contribution < 1.29 is 13.9 Å². The quantitative estimate of drug-likeness (QED) is 0.610. The van der Waals surface area contributed by atoms with Crippen LogP contribution in [0.15, 0.2) is 47.6 Å². The molecule has 0 atom stereocenters. The fraction of sp³-hybridized carbons (Fsp3) is 0.250. The topological polar surface area (TPSA) is 69.0 Å². The van der Waals surface area contributed by atoms with Crippen molar-refractivity contribution in [2.24, 2.45) is 7.05 Å². The summed E-state index contributed by atoms with van der Waals surface area (Å²) in [6.07, 6.45) is 0. The molecule has 0 bridgehead atoms. The van der Waals surface area contributed by atoms with Gasteiger partial charge in [-0.2, -0.15) is 0 Å². The molecule has 0 spiro atoms. The van der Waals surface area contributed by atoms with Crippen molar-refractivity contribution >= 4 is 23.4 Å².